The molecule has 0 unspecified atom stereocenters. The molecule has 178 valence electrons. The van der Waals surface area contributed by atoms with Gasteiger partial charge in [-0.3, -0.25) is 4.79 Å². The number of hydrogen-bond donors (Lipinski definition) is 4. The molecule has 3 rings (SSSR count). The van der Waals surface area contributed by atoms with Crippen molar-refractivity contribution in [3.8, 4) is 5.75 Å². The molecule has 0 saturated carbocycles. The molecule has 0 atom stereocenters. The van der Waals surface area contributed by atoms with E-state index < -0.39 is 0 Å². The number of aromatic amines is 1. The molecule has 3 aromatic rings. The van der Waals surface area contributed by atoms with Crippen molar-refractivity contribution < 1.29 is 9.53 Å². The van der Waals surface area contributed by atoms with Gasteiger partial charge in [-0.2, -0.15) is 0 Å². The van der Waals surface area contributed by atoms with Crippen molar-refractivity contribution in [3.05, 3.63) is 60.3 Å². The third kappa shape index (κ3) is 8.95. The molecule has 1 aromatic heterocycles. The number of H-pyrrole nitrogens is 1. The summed E-state index contributed by atoms with van der Waals surface area (Å²) >= 11 is 0. The minimum Gasteiger partial charge on any atom is -0.491 e. The van der Waals surface area contributed by atoms with Crippen molar-refractivity contribution in [1.82, 2.24) is 15.6 Å². The minimum atomic E-state index is -0.292. The molecule has 0 saturated heterocycles. The summed E-state index contributed by atoms with van der Waals surface area (Å²) in [5, 5.41) is 10.5. The minimum absolute atomic E-state index is 0. The molecule has 0 aliphatic heterocycles. The molecule has 0 aliphatic rings. The standard InChI is InChI=1S/C25H33N5O2.HI/c1-17(2)32-21-12-10-19(11-13-21)29-24(27-16-23(31)30-25(3,4)5)26-15-20-14-18-8-6-7-9-22(18)28-20;/h6-14,17,28H,15-16H2,1-5H3,(H,30,31)(H2,26,27,29);1H. The van der Waals surface area contributed by atoms with E-state index in [0.717, 1.165) is 28.0 Å². The lowest BCUT2D eigenvalue weighted by atomic mass is 10.1. The predicted molar refractivity (Wildman–Crippen MR) is 147 cm³/mol. The molecular weight excluding hydrogens is 529 g/mol. The summed E-state index contributed by atoms with van der Waals surface area (Å²) in [4.78, 5) is 20.3. The molecule has 2 aromatic carbocycles. The van der Waals surface area contributed by atoms with E-state index in [1.54, 1.807) is 0 Å². The van der Waals surface area contributed by atoms with Gasteiger partial charge in [-0.15, -0.1) is 24.0 Å². The molecule has 0 bridgehead atoms. The van der Waals surface area contributed by atoms with Crippen molar-refractivity contribution in [3.63, 3.8) is 0 Å². The van der Waals surface area contributed by atoms with Gasteiger partial charge in [-0.1, -0.05) is 18.2 Å². The van der Waals surface area contributed by atoms with Crippen LogP contribution in [-0.2, 0) is 11.3 Å². The molecule has 7 nitrogen and oxygen atoms in total. The summed E-state index contributed by atoms with van der Waals surface area (Å²) in [6, 6.07) is 17.9. The van der Waals surface area contributed by atoms with E-state index in [-0.39, 0.29) is 48.1 Å². The van der Waals surface area contributed by atoms with Gasteiger partial charge in [0.1, 0.15) is 5.75 Å². The van der Waals surface area contributed by atoms with Gasteiger partial charge < -0.3 is 25.7 Å². The van der Waals surface area contributed by atoms with Gasteiger partial charge in [0, 0.05) is 22.4 Å². The number of amides is 1. The van der Waals surface area contributed by atoms with Gasteiger partial charge in [-0.25, -0.2) is 4.99 Å². The van der Waals surface area contributed by atoms with Crippen molar-refractivity contribution in [2.75, 3.05) is 11.9 Å². The van der Waals surface area contributed by atoms with Crippen LogP contribution in [0.2, 0.25) is 0 Å². The zero-order valence-corrected chi connectivity index (χ0v) is 22.2. The number of guanidine groups is 1. The third-order valence-electron chi connectivity index (χ3n) is 4.41. The first-order valence-corrected chi connectivity index (χ1v) is 10.9. The molecule has 4 N–H and O–H groups in total. The predicted octanol–water partition coefficient (Wildman–Crippen LogP) is 5.05. The van der Waals surface area contributed by atoms with Crippen LogP contribution in [0, 0.1) is 0 Å². The summed E-state index contributed by atoms with van der Waals surface area (Å²) < 4.78 is 5.70. The van der Waals surface area contributed by atoms with E-state index in [9.17, 15) is 4.79 Å². The normalized spacial score (nSPS) is 11.8. The number of nitrogens with one attached hydrogen (secondary N) is 4. The lowest BCUT2D eigenvalue weighted by Gasteiger charge is -2.21. The van der Waals surface area contributed by atoms with E-state index in [4.69, 9.17) is 4.74 Å². The third-order valence-corrected chi connectivity index (χ3v) is 4.41. The number of para-hydroxylation sites is 1. The monoisotopic (exact) mass is 563 g/mol. The molecule has 1 amide bonds. The van der Waals surface area contributed by atoms with E-state index >= 15 is 0 Å². The average molecular weight is 563 g/mol. The van der Waals surface area contributed by atoms with Gasteiger partial charge in [0.2, 0.25) is 5.91 Å². The maximum atomic E-state index is 12.3. The number of carbonyl (C=O) groups excluding carboxylic acids is 1. The Morgan fingerprint density at radius 1 is 1.09 bits per heavy atom. The number of anilines is 1. The van der Waals surface area contributed by atoms with Gasteiger partial charge >= 0.3 is 0 Å². The zero-order valence-electron chi connectivity index (χ0n) is 19.9. The SMILES string of the molecule is CC(C)Oc1ccc(NC(=NCc2cc3ccccc3[nH]2)NCC(=O)NC(C)(C)C)cc1.I. The van der Waals surface area contributed by atoms with Gasteiger partial charge in [0.25, 0.3) is 0 Å². The van der Waals surface area contributed by atoms with E-state index in [2.05, 4.69) is 38.1 Å². The van der Waals surface area contributed by atoms with Crippen LogP contribution in [0.4, 0.5) is 5.69 Å². The highest BCUT2D eigenvalue weighted by Gasteiger charge is 2.14. The van der Waals surface area contributed by atoms with Crippen LogP contribution in [0.25, 0.3) is 10.9 Å². The highest BCUT2D eigenvalue weighted by Crippen LogP contribution is 2.18. The zero-order chi connectivity index (χ0) is 23.1. The summed E-state index contributed by atoms with van der Waals surface area (Å²) in [5.41, 5.74) is 2.62. The topological polar surface area (TPSA) is 90.5 Å². The van der Waals surface area contributed by atoms with Gasteiger partial charge in [-0.05, 0) is 76.4 Å². The first-order valence-electron chi connectivity index (χ1n) is 10.9. The fraction of sp³-hybridized carbons (Fsp3) is 0.360. The van der Waals surface area contributed by atoms with E-state index in [1.165, 1.54) is 0 Å². The molecule has 0 fully saturated rings. The number of benzene rings is 2. The maximum Gasteiger partial charge on any atom is 0.239 e. The molecule has 33 heavy (non-hydrogen) atoms. The highest BCUT2D eigenvalue weighted by molar-refractivity contribution is 14.0. The van der Waals surface area contributed by atoms with Crippen LogP contribution in [0.15, 0.2) is 59.6 Å². The fourth-order valence-electron chi connectivity index (χ4n) is 3.17. The molecule has 1 heterocycles. The molecule has 0 spiro atoms. The van der Waals surface area contributed by atoms with Crippen LogP contribution in [-0.4, -0.2) is 35.0 Å². The van der Waals surface area contributed by atoms with Crippen LogP contribution in [0.3, 0.4) is 0 Å². The Labute approximate surface area is 212 Å². The lowest BCUT2D eigenvalue weighted by molar-refractivity contribution is -0.121. The van der Waals surface area contributed by atoms with Crippen molar-refractivity contribution in [2.24, 2.45) is 4.99 Å². The Kier molecular flexibility index (Phi) is 9.57. The van der Waals surface area contributed by atoms with Crippen molar-refractivity contribution in [2.45, 2.75) is 52.8 Å². The first-order chi connectivity index (χ1) is 15.2. The summed E-state index contributed by atoms with van der Waals surface area (Å²) in [6.07, 6.45) is 0.116. The number of nitrogens with zero attached hydrogens (tertiary/aromatic N) is 1. The first kappa shape index (κ1) is 26.5. The van der Waals surface area contributed by atoms with Crippen LogP contribution in [0.1, 0.15) is 40.3 Å². The molecule has 0 radical (unpaired) electrons. The fourth-order valence-corrected chi connectivity index (χ4v) is 3.17. The van der Waals surface area contributed by atoms with Crippen LogP contribution >= 0.6 is 24.0 Å². The number of aliphatic imine (C=N–C) groups is 1. The van der Waals surface area contributed by atoms with Gasteiger partial charge in [0.05, 0.1) is 19.2 Å². The number of rotatable bonds is 7. The smallest absolute Gasteiger partial charge is 0.239 e. The molecular formula is C25H34IN5O2. The number of fused-ring (bicyclic) bond motifs is 1. The van der Waals surface area contributed by atoms with Crippen molar-refractivity contribution >= 4 is 52.4 Å². The Hall–Kier alpha value is -2.75. The number of hydrogen-bond acceptors (Lipinski definition) is 3. The Morgan fingerprint density at radius 3 is 2.42 bits per heavy atom. The molecule has 0 aliphatic carbocycles. The summed E-state index contributed by atoms with van der Waals surface area (Å²) in [7, 11) is 0. The van der Waals surface area contributed by atoms with E-state index in [1.807, 2.05) is 77.1 Å². The number of ether oxygens (including phenoxy) is 1. The van der Waals surface area contributed by atoms with Crippen LogP contribution in [0.5, 0.6) is 5.75 Å². The Balaban J connectivity index is 0.00000385. The summed E-state index contributed by atoms with van der Waals surface area (Å²) in [5.74, 6) is 1.23. The quantitative estimate of drug-likeness (QED) is 0.184. The summed E-state index contributed by atoms with van der Waals surface area (Å²) in [6.45, 7) is 10.4. The number of carbonyl (C=O) groups is 1. The lowest BCUT2D eigenvalue weighted by Crippen LogP contribution is -2.46. The Bertz CT molecular complexity index is 1040. The second-order valence-electron chi connectivity index (χ2n) is 9.01. The number of aromatic nitrogens is 1. The van der Waals surface area contributed by atoms with Gasteiger partial charge in [0.15, 0.2) is 5.96 Å². The average Bonchev–Trinajstić information content (AvgIpc) is 3.12. The Morgan fingerprint density at radius 2 is 1.79 bits per heavy atom. The second kappa shape index (κ2) is 11.9. The largest absolute Gasteiger partial charge is 0.491 e. The number of halogens is 1. The maximum absolute atomic E-state index is 12.3. The second-order valence-corrected chi connectivity index (χ2v) is 9.01. The highest BCUT2D eigenvalue weighted by atomic mass is 127. The van der Waals surface area contributed by atoms with Crippen molar-refractivity contribution in [1.29, 1.82) is 0 Å². The van der Waals surface area contributed by atoms with Crippen LogP contribution < -0.4 is 20.7 Å². The molecule has 8 heteroatoms. The van der Waals surface area contributed by atoms with E-state index in [0.29, 0.717) is 12.5 Å².